The van der Waals surface area contributed by atoms with Gasteiger partial charge < -0.3 is 14.6 Å². The molecular weight excluding hydrogens is 543 g/mol. The summed E-state index contributed by atoms with van der Waals surface area (Å²) in [4.78, 5) is 33.0. The summed E-state index contributed by atoms with van der Waals surface area (Å²) in [5, 5.41) is 11.7. The first-order chi connectivity index (χ1) is 19.9. The zero-order chi connectivity index (χ0) is 28.5. The molecule has 6 rings (SSSR count). The quantitative estimate of drug-likeness (QED) is 0.127. The standard InChI is InChI=1S/C32H23FN2O5S/c1-2-39-23-12-7-9-20(17-23)29(36)27-28(19-8-6-13-24(16-19)40-22-10-4-3-5-11-22)35(31(38)30(27)37)32-34-25-15-14-21(33)18-26(25)41-32/h3-18,28,36H,2H2,1H3/b29-27+. The van der Waals surface area contributed by atoms with E-state index in [1.165, 1.54) is 23.1 Å². The van der Waals surface area contributed by atoms with Gasteiger partial charge in [0.15, 0.2) is 5.13 Å². The van der Waals surface area contributed by atoms with E-state index in [0.717, 1.165) is 11.3 Å². The average Bonchev–Trinajstić information content (AvgIpc) is 3.51. The van der Waals surface area contributed by atoms with Gasteiger partial charge >= 0.3 is 5.91 Å². The molecule has 4 aromatic carbocycles. The smallest absolute Gasteiger partial charge is 0.301 e. The number of thiazole rings is 1. The van der Waals surface area contributed by atoms with E-state index in [9.17, 15) is 19.1 Å². The van der Waals surface area contributed by atoms with Crippen LogP contribution in [0.15, 0.2) is 103 Å². The number of halogens is 1. The van der Waals surface area contributed by atoms with Crippen LogP contribution in [0.2, 0.25) is 0 Å². The monoisotopic (exact) mass is 566 g/mol. The van der Waals surface area contributed by atoms with Crippen molar-refractivity contribution in [2.45, 2.75) is 13.0 Å². The zero-order valence-corrected chi connectivity index (χ0v) is 22.6. The molecule has 0 radical (unpaired) electrons. The number of aromatic nitrogens is 1. The van der Waals surface area contributed by atoms with Gasteiger partial charge in [0.05, 0.1) is 28.4 Å². The Hall–Kier alpha value is -5.02. The van der Waals surface area contributed by atoms with Gasteiger partial charge in [-0.1, -0.05) is 53.8 Å². The lowest BCUT2D eigenvalue weighted by Crippen LogP contribution is -2.29. The number of carbonyl (C=O) groups excluding carboxylic acids is 2. The summed E-state index contributed by atoms with van der Waals surface area (Å²) in [6.07, 6.45) is 0. The Bertz CT molecular complexity index is 1820. The van der Waals surface area contributed by atoms with Crippen molar-refractivity contribution in [1.82, 2.24) is 4.98 Å². The van der Waals surface area contributed by atoms with Crippen molar-refractivity contribution in [3.05, 3.63) is 120 Å². The number of Topliss-reactive ketones (excluding diaryl/α,β-unsaturated/α-hetero) is 1. The predicted octanol–water partition coefficient (Wildman–Crippen LogP) is 7.25. The fourth-order valence-electron chi connectivity index (χ4n) is 4.76. The molecule has 1 atom stereocenters. The van der Waals surface area contributed by atoms with Crippen molar-refractivity contribution in [1.29, 1.82) is 0 Å². The largest absolute Gasteiger partial charge is 0.507 e. The number of anilines is 1. The third kappa shape index (κ3) is 5.03. The van der Waals surface area contributed by atoms with Crippen molar-refractivity contribution in [2.24, 2.45) is 0 Å². The molecule has 1 fully saturated rings. The van der Waals surface area contributed by atoms with Crippen molar-refractivity contribution in [3.8, 4) is 17.2 Å². The molecule has 0 spiro atoms. The first-order valence-electron chi connectivity index (χ1n) is 12.9. The minimum Gasteiger partial charge on any atom is -0.507 e. The van der Waals surface area contributed by atoms with Gasteiger partial charge in [-0.2, -0.15) is 0 Å². The maximum Gasteiger partial charge on any atom is 0.301 e. The van der Waals surface area contributed by atoms with Gasteiger partial charge in [-0.15, -0.1) is 0 Å². The van der Waals surface area contributed by atoms with Crippen molar-refractivity contribution < 1.29 is 28.6 Å². The van der Waals surface area contributed by atoms with E-state index in [2.05, 4.69) is 4.98 Å². The summed E-state index contributed by atoms with van der Waals surface area (Å²) in [6, 6.07) is 25.9. The first kappa shape index (κ1) is 26.2. The molecule has 204 valence electrons. The molecule has 1 amide bonds. The second-order valence-corrected chi connectivity index (χ2v) is 10.2. The van der Waals surface area contributed by atoms with E-state index in [1.54, 1.807) is 48.5 Å². The van der Waals surface area contributed by atoms with Crippen LogP contribution >= 0.6 is 11.3 Å². The van der Waals surface area contributed by atoms with Crippen LogP contribution in [-0.2, 0) is 9.59 Å². The Kier molecular flexibility index (Phi) is 6.94. The van der Waals surface area contributed by atoms with Gasteiger partial charge in [-0.3, -0.25) is 14.5 Å². The van der Waals surface area contributed by atoms with E-state index >= 15 is 0 Å². The second-order valence-electron chi connectivity index (χ2n) is 9.23. The number of para-hydroxylation sites is 1. The highest BCUT2D eigenvalue weighted by Gasteiger charge is 2.48. The number of benzene rings is 4. The highest BCUT2D eigenvalue weighted by atomic mass is 32.1. The maximum atomic E-state index is 13.9. The lowest BCUT2D eigenvalue weighted by molar-refractivity contribution is -0.132. The van der Waals surface area contributed by atoms with Gasteiger partial charge in [0.1, 0.15) is 28.8 Å². The number of hydrogen-bond donors (Lipinski definition) is 1. The summed E-state index contributed by atoms with van der Waals surface area (Å²) in [7, 11) is 0. The highest BCUT2D eigenvalue weighted by molar-refractivity contribution is 7.22. The lowest BCUT2D eigenvalue weighted by atomic mass is 9.95. The maximum absolute atomic E-state index is 13.9. The van der Waals surface area contributed by atoms with E-state index in [-0.39, 0.29) is 16.5 Å². The number of nitrogens with zero attached hydrogens (tertiary/aromatic N) is 2. The van der Waals surface area contributed by atoms with E-state index < -0.39 is 23.5 Å². The molecule has 7 nitrogen and oxygen atoms in total. The molecule has 1 aromatic heterocycles. The molecule has 9 heteroatoms. The number of carbonyl (C=O) groups is 2. The van der Waals surface area contributed by atoms with Gasteiger partial charge in [-0.05, 0) is 67.1 Å². The van der Waals surface area contributed by atoms with Gasteiger partial charge in [0.25, 0.3) is 5.78 Å². The zero-order valence-electron chi connectivity index (χ0n) is 21.8. The minimum atomic E-state index is -1.03. The third-order valence-electron chi connectivity index (χ3n) is 6.56. The van der Waals surface area contributed by atoms with Crippen LogP contribution in [0, 0.1) is 5.82 Å². The van der Waals surface area contributed by atoms with E-state index in [0.29, 0.717) is 45.2 Å². The molecule has 5 aromatic rings. The molecule has 1 unspecified atom stereocenters. The van der Waals surface area contributed by atoms with Gasteiger partial charge in [-0.25, -0.2) is 9.37 Å². The molecule has 0 aliphatic carbocycles. The molecule has 41 heavy (non-hydrogen) atoms. The summed E-state index contributed by atoms with van der Waals surface area (Å²) >= 11 is 1.08. The van der Waals surface area contributed by atoms with Crippen LogP contribution in [0.25, 0.3) is 16.0 Å². The Balaban J connectivity index is 1.52. The van der Waals surface area contributed by atoms with Crippen molar-refractivity contribution >= 4 is 44.1 Å². The topological polar surface area (TPSA) is 89.0 Å². The van der Waals surface area contributed by atoms with E-state index in [1.807, 2.05) is 37.3 Å². The molecule has 1 aliphatic rings. The third-order valence-corrected chi connectivity index (χ3v) is 7.58. The van der Waals surface area contributed by atoms with Crippen LogP contribution in [0.5, 0.6) is 17.2 Å². The summed E-state index contributed by atoms with van der Waals surface area (Å²) in [5.74, 6) is -0.914. The molecule has 2 heterocycles. The highest BCUT2D eigenvalue weighted by Crippen LogP contribution is 2.45. The van der Waals surface area contributed by atoms with Gasteiger partial charge in [0, 0.05) is 5.56 Å². The number of hydrogen-bond acceptors (Lipinski definition) is 7. The SMILES string of the molecule is CCOc1cccc(/C(O)=C2\C(=O)C(=O)N(c3nc4ccc(F)cc4s3)C2c2cccc(Oc3ccccc3)c2)c1. The number of aliphatic hydroxyl groups excluding tert-OH is 1. The Labute approximate surface area is 238 Å². The molecule has 0 bridgehead atoms. The van der Waals surface area contributed by atoms with Crippen molar-refractivity contribution in [2.75, 3.05) is 11.5 Å². The summed E-state index contributed by atoms with van der Waals surface area (Å²) < 4.78 is 26.1. The second kappa shape index (κ2) is 10.9. The number of amides is 1. The molecule has 1 saturated heterocycles. The fourth-order valence-corrected chi connectivity index (χ4v) is 5.78. The minimum absolute atomic E-state index is 0.106. The predicted molar refractivity (Wildman–Crippen MR) is 155 cm³/mol. The molecule has 0 saturated carbocycles. The Morgan fingerprint density at radius 3 is 2.49 bits per heavy atom. The van der Waals surface area contributed by atoms with Crippen LogP contribution in [0.1, 0.15) is 24.1 Å². The van der Waals surface area contributed by atoms with Crippen LogP contribution in [0.4, 0.5) is 9.52 Å². The number of aliphatic hydroxyl groups is 1. The molecule has 1 N–H and O–H groups in total. The number of ketones is 1. The van der Waals surface area contributed by atoms with Crippen LogP contribution < -0.4 is 14.4 Å². The number of fused-ring (bicyclic) bond motifs is 1. The Morgan fingerprint density at radius 1 is 0.927 bits per heavy atom. The normalized spacial score (nSPS) is 16.3. The summed E-state index contributed by atoms with van der Waals surface area (Å²) in [5.41, 5.74) is 1.22. The van der Waals surface area contributed by atoms with Crippen LogP contribution in [0.3, 0.4) is 0 Å². The fraction of sp³-hybridized carbons (Fsp3) is 0.0938. The first-order valence-corrected chi connectivity index (χ1v) is 13.7. The van der Waals surface area contributed by atoms with Crippen molar-refractivity contribution in [3.63, 3.8) is 0 Å². The number of ether oxygens (including phenoxy) is 2. The Morgan fingerprint density at radius 2 is 1.68 bits per heavy atom. The molecule has 1 aliphatic heterocycles. The average molecular weight is 567 g/mol. The van der Waals surface area contributed by atoms with Gasteiger partial charge in [0.2, 0.25) is 0 Å². The van der Waals surface area contributed by atoms with Crippen LogP contribution in [-0.4, -0.2) is 28.4 Å². The lowest BCUT2D eigenvalue weighted by Gasteiger charge is -2.23. The molecular formula is C32H23FN2O5S. The summed E-state index contributed by atoms with van der Waals surface area (Å²) in [6.45, 7) is 2.26. The number of rotatable bonds is 7. The van der Waals surface area contributed by atoms with E-state index in [4.69, 9.17) is 9.47 Å².